The molecule has 19 heavy (non-hydrogen) atoms. The molecule has 0 radical (unpaired) electrons. The number of aryl methyl sites for hydroxylation is 2. The van der Waals surface area contributed by atoms with Crippen molar-refractivity contribution in [3.8, 4) is 0 Å². The van der Waals surface area contributed by atoms with Gasteiger partial charge in [-0.25, -0.2) is 0 Å². The van der Waals surface area contributed by atoms with Gasteiger partial charge in [0.25, 0.3) is 0 Å². The minimum absolute atomic E-state index is 0. The first kappa shape index (κ1) is 15.8. The molecule has 1 aromatic rings. The van der Waals surface area contributed by atoms with E-state index < -0.39 is 0 Å². The summed E-state index contributed by atoms with van der Waals surface area (Å²) in [5.41, 5.74) is 5.52. The summed E-state index contributed by atoms with van der Waals surface area (Å²) in [5.74, 6) is 0.917. The summed E-state index contributed by atoms with van der Waals surface area (Å²) in [4.78, 5) is 4.13. The van der Waals surface area contributed by atoms with E-state index >= 15 is 0 Å². The van der Waals surface area contributed by atoms with Gasteiger partial charge in [-0.15, -0.1) is 5.56 Å². The van der Waals surface area contributed by atoms with Crippen LogP contribution in [-0.4, -0.2) is 11.9 Å². The van der Waals surface area contributed by atoms with Crippen LogP contribution in [0.3, 0.4) is 0 Å². The fourth-order valence-corrected chi connectivity index (χ4v) is 2.19. The van der Waals surface area contributed by atoms with Crippen molar-refractivity contribution < 1.29 is 21.1 Å². The molecule has 3 heteroatoms. The van der Waals surface area contributed by atoms with Gasteiger partial charge < -0.3 is 9.80 Å². The number of nitrogens with zero attached hydrogens (tertiary/aromatic N) is 2. The smallest absolute Gasteiger partial charge is 0.0982 e. The minimum atomic E-state index is 0. The molecule has 1 aromatic carbocycles. The molecule has 0 saturated heterocycles. The van der Waals surface area contributed by atoms with E-state index in [2.05, 4.69) is 55.0 Å². The number of anilines is 1. The van der Waals surface area contributed by atoms with Crippen LogP contribution >= 0.6 is 0 Å². The van der Waals surface area contributed by atoms with E-state index in [1.807, 2.05) is 20.0 Å². The van der Waals surface area contributed by atoms with Gasteiger partial charge in [-0.2, -0.15) is 23.8 Å². The maximum Gasteiger partial charge on any atom is 0.0982 e. The van der Waals surface area contributed by atoms with Gasteiger partial charge >= 0.3 is 0 Å². The molecular formula is C16H19N2W-. The summed E-state index contributed by atoms with van der Waals surface area (Å²) < 4.78 is 0. The molecule has 0 amide bonds. The number of allylic oxidation sites excluding steroid dienone is 2. The van der Waals surface area contributed by atoms with Crippen LogP contribution in [0.4, 0.5) is 5.69 Å². The van der Waals surface area contributed by atoms with Crippen LogP contribution in [0.5, 0.6) is 0 Å². The third kappa shape index (κ3) is 2.84. The number of hydrogen-bond acceptors (Lipinski definition) is 2. The van der Waals surface area contributed by atoms with Crippen molar-refractivity contribution in [3.05, 3.63) is 65.8 Å². The Kier molecular flexibility index (Phi) is 4.81. The molecule has 0 bridgehead atoms. The Bertz CT molecular complexity index is 558. The van der Waals surface area contributed by atoms with Gasteiger partial charge in [0.05, 0.1) is 5.82 Å². The first-order chi connectivity index (χ1) is 8.41. The first-order valence-electron chi connectivity index (χ1n) is 6.00. The van der Waals surface area contributed by atoms with E-state index in [9.17, 15) is 0 Å². The average molecular weight is 423 g/mol. The molecule has 0 unspecified atom stereocenters. The van der Waals surface area contributed by atoms with Crippen LogP contribution in [0.2, 0.25) is 0 Å². The molecule has 0 fully saturated rings. The van der Waals surface area contributed by atoms with Crippen molar-refractivity contribution in [1.82, 2.24) is 4.90 Å². The van der Waals surface area contributed by atoms with E-state index in [0.29, 0.717) is 0 Å². The van der Waals surface area contributed by atoms with Crippen LogP contribution < -0.4 is 4.90 Å². The molecule has 100 valence electrons. The normalized spacial score (nSPS) is 15.3. The average Bonchev–Trinajstić information content (AvgIpc) is 2.29. The quantitative estimate of drug-likeness (QED) is 0.636. The third-order valence-corrected chi connectivity index (χ3v) is 3.35. The molecule has 0 aromatic heterocycles. The van der Waals surface area contributed by atoms with Crippen molar-refractivity contribution >= 4 is 5.69 Å². The van der Waals surface area contributed by atoms with Gasteiger partial charge in [-0.1, -0.05) is 32.7 Å². The Balaban J connectivity index is 0.00000180. The van der Waals surface area contributed by atoms with Gasteiger partial charge in [0.15, 0.2) is 0 Å². The Morgan fingerprint density at radius 1 is 1.16 bits per heavy atom. The summed E-state index contributed by atoms with van der Waals surface area (Å²) in [7, 11) is 2.01. The number of benzene rings is 1. The zero-order valence-electron chi connectivity index (χ0n) is 11.9. The fraction of sp³-hybridized carbons (Fsp3) is 0.250. The monoisotopic (exact) mass is 423 g/mol. The van der Waals surface area contributed by atoms with E-state index in [-0.39, 0.29) is 21.1 Å². The van der Waals surface area contributed by atoms with Gasteiger partial charge in [0.2, 0.25) is 0 Å². The van der Waals surface area contributed by atoms with Crippen LogP contribution in [0, 0.1) is 19.9 Å². The van der Waals surface area contributed by atoms with Gasteiger partial charge in [0, 0.05) is 39.5 Å². The zero-order valence-corrected chi connectivity index (χ0v) is 14.9. The second-order valence-corrected chi connectivity index (χ2v) is 4.77. The molecule has 0 N–H and O–H groups in total. The molecule has 2 nitrogen and oxygen atoms in total. The summed E-state index contributed by atoms with van der Waals surface area (Å²) >= 11 is 0. The maximum absolute atomic E-state index is 4.15. The topological polar surface area (TPSA) is 6.48 Å². The number of hydrogen-bond donors (Lipinski definition) is 0. The zero-order chi connectivity index (χ0) is 13.4. The predicted octanol–water partition coefficient (Wildman–Crippen LogP) is 3.74. The molecule has 0 aliphatic carbocycles. The van der Waals surface area contributed by atoms with Crippen molar-refractivity contribution in [2.24, 2.45) is 0 Å². The summed E-state index contributed by atoms with van der Waals surface area (Å²) in [6.07, 6.45) is 2.06. The Hall–Kier alpha value is -1.27. The summed E-state index contributed by atoms with van der Waals surface area (Å²) in [5, 5.41) is 0. The molecule has 0 atom stereocenters. The third-order valence-electron chi connectivity index (χ3n) is 3.35. The van der Waals surface area contributed by atoms with Crippen LogP contribution in [0.1, 0.15) is 18.1 Å². The molecule has 0 spiro atoms. The Labute approximate surface area is 130 Å². The SMILES string of the molecule is C=C1C=C(C)N(C)C(=C)N1c1c[c-]c(C)cc1C.[W]. The van der Waals surface area contributed by atoms with Crippen LogP contribution in [-0.2, 0) is 21.1 Å². The molecule has 0 saturated carbocycles. The maximum atomic E-state index is 4.15. The summed E-state index contributed by atoms with van der Waals surface area (Å²) in [6.45, 7) is 14.5. The molecule has 2 rings (SSSR count). The standard InChI is InChI=1S/C16H19N2.W/c1-11-7-8-16(12(2)9-11)18-14(4)10-13(3)17(6)15(18)5;/h8-10H,4-5H2,1-3,6H3;/q-1;. The van der Waals surface area contributed by atoms with Crippen molar-refractivity contribution in [2.75, 3.05) is 11.9 Å². The second kappa shape index (κ2) is 5.79. The molecule has 1 heterocycles. The first-order valence-corrected chi connectivity index (χ1v) is 6.00. The summed E-state index contributed by atoms with van der Waals surface area (Å²) in [6, 6.07) is 7.37. The number of rotatable bonds is 1. The Morgan fingerprint density at radius 2 is 1.79 bits per heavy atom. The second-order valence-electron chi connectivity index (χ2n) is 4.77. The van der Waals surface area contributed by atoms with Crippen LogP contribution in [0.25, 0.3) is 0 Å². The van der Waals surface area contributed by atoms with Gasteiger partial charge in [-0.3, -0.25) is 0 Å². The van der Waals surface area contributed by atoms with E-state index in [4.69, 9.17) is 0 Å². The van der Waals surface area contributed by atoms with Crippen molar-refractivity contribution in [3.63, 3.8) is 0 Å². The predicted molar refractivity (Wildman–Crippen MR) is 77.0 cm³/mol. The van der Waals surface area contributed by atoms with Crippen molar-refractivity contribution in [1.29, 1.82) is 0 Å². The fourth-order valence-electron chi connectivity index (χ4n) is 2.19. The van der Waals surface area contributed by atoms with E-state index in [1.54, 1.807) is 0 Å². The Morgan fingerprint density at radius 3 is 2.37 bits per heavy atom. The van der Waals surface area contributed by atoms with Crippen molar-refractivity contribution in [2.45, 2.75) is 20.8 Å². The van der Waals surface area contributed by atoms with Crippen LogP contribution in [0.15, 0.2) is 48.6 Å². The van der Waals surface area contributed by atoms with Gasteiger partial charge in [0.1, 0.15) is 0 Å². The minimum Gasteiger partial charge on any atom is -0.352 e. The van der Waals surface area contributed by atoms with E-state index in [1.165, 1.54) is 5.56 Å². The van der Waals surface area contributed by atoms with E-state index in [0.717, 1.165) is 28.5 Å². The molecular weight excluding hydrogens is 404 g/mol. The molecule has 1 aliphatic heterocycles. The van der Waals surface area contributed by atoms with Gasteiger partial charge in [-0.05, 0) is 13.0 Å². The molecule has 1 aliphatic rings. The largest absolute Gasteiger partial charge is 0.352 e.